The van der Waals surface area contributed by atoms with E-state index in [1.807, 2.05) is 30.3 Å². The summed E-state index contributed by atoms with van der Waals surface area (Å²) in [5, 5.41) is 9.60. The quantitative estimate of drug-likeness (QED) is 0.815. The number of aliphatic hydroxyl groups excluding tert-OH is 1. The molecule has 0 radical (unpaired) electrons. The van der Waals surface area contributed by atoms with Gasteiger partial charge in [-0.1, -0.05) is 30.3 Å². The van der Waals surface area contributed by atoms with E-state index in [0.29, 0.717) is 12.4 Å². The van der Waals surface area contributed by atoms with Gasteiger partial charge < -0.3 is 9.84 Å². The van der Waals surface area contributed by atoms with E-state index in [4.69, 9.17) is 4.74 Å². The van der Waals surface area contributed by atoms with Crippen molar-refractivity contribution in [1.82, 2.24) is 0 Å². The van der Waals surface area contributed by atoms with Crippen molar-refractivity contribution in [3.63, 3.8) is 0 Å². The van der Waals surface area contributed by atoms with Crippen LogP contribution < -0.4 is 0 Å². The highest BCUT2D eigenvalue weighted by molar-refractivity contribution is 5.14. The molecule has 15 heavy (non-hydrogen) atoms. The van der Waals surface area contributed by atoms with Crippen LogP contribution in [0.1, 0.15) is 31.2 Å². The van der Waals surface area contributed by atoms with Crippen LogP contribution in [0.4, 0.5) is 0 Å². The summed E-state index contributed by atoms with van der Waals surface area (Å²) in [5.41, 5.74) is 1.14. The van der Waals surface area contributed by atoms with Gasteiger partial charge >= 0.3 is 0 Å². The second kappa shape index (κ2) is 4.87. The molecule has 0 atom stereocenters. The highest BCUT2D eigenvalue weighted by Gasteiger charge is 2.12. The Bertz CT molecular complexity index is 341. The van der Waals surface area contributed by atoms with Gasteiger partial charge in [-0.05, 0) is 18.4 Å². The molecule has 0 aromatic heterocycles. The van der Waals surface area contributed by atoms with Crippen molar-refractivity contribution in [2.45, 2.75) is 32.3 Å². The van der Waals surface area contributed by atoms with Crippen LogP contribution in [-0.4, -0.2) is 5.11 Å². The van der Waals surface area contributed by atoms with Gasteiger partial charge in [-0.3, -0.25) is 0 Å². The predicted octanol–water partition coefficient (Wildman–Crippen LogP) is 3.55. The molecule has 2 heteroatoms. The zero-order chi connectivity index (χ0) is 10.5. The van der Waals surface area contributed by atoms with E-state index in [-0.39, 0.29) is 0 Å². The molecule has 0 aliphatic heterocycles. The van der Waals surface area contributed by atoms with Gasteiger partial charge in [-0.2, -0.15) is 0 Å². The number of rotatable bonds is 3. The van der Waals surface area contributed by atoms with E-state index in [9.17, 15) is 5.11 Å². The minimum Gasteiger partial charge on any atom is -0.509 e. The molecule has 1 aromatic carbocycles. The minimum atomic E-state index is 0.442. The predicted molar refractivity (Wildman–Crippen MR) is 59.4 cm³/mol. The summed E-state index contributed by atoms with van der Waals surface area (Å²) in [6, 6.07) is 10.0. The lowest BCUT2D eigenvalue weighted by Crippen LogP contribution is -2.03. The van der Waals surface area contributed by atoms with E-state index < -0.39 is 0 Å². The monoisotopic (exact) mass is 204 g/mol. The smallest absolute Gasteiger partial charge is 0.134 e. The van der Waals surface area contributed by atoms with Crippen LogP contribution in [0.3, 0.4) is 0 Å². The van der Waals surface area contributed by atoms with Crippen molar-refractivity contribution in [2.24, 2.45) is 0 Å². The summed E-state index contributed by atoms with van der Waals surface area (Å²) >= 11 is 0. The Morgan fingerprint density at radius 1 is 1.07 bits per heavy atom. The first-order chi connectivity index (χ1) is 7.36. The van der Waals surface area contributed by atoms with Gasteiger partial charge in [0.05, 0.1) is 0 Å². The standard InChI is InChI=1S/C13H16O2/c14-12-8-4-5-9-13(12)15-10-11-6-2-1-3-7-11/h1-3,6-7,14H,4-5,8-10H2. The maximum atomic E-state index is 9.60. The van der Waals surface area contributed by atoms with Crippen molar-refractivity contribution in [3.8, 4) is 0 Å². The van der Waals surface area contributed by atoms with Crippen LogP contribution in [-0.2, 0) is 11.3 Å². The average Bonchev–Trinajstić information content (AvgIpc) is 2.29. The number of hydrogen-bond acceptors (Lipinski definition) is 2. The van der Waals surface area contributed by atoms with Crippen molar-refractivity contribution in [3.05, 3.63) is 47.4 Å². The number of aliphatic hydroxyl groups is 1. The lowest BCUT2D eigenvalue weighted by Gasteiger charge is -2.16. The third-order valence-corrected chi connectivity index (χ3v) is 2.65. The Morgan fingerprint density at radius 2 is 1.80 bits per heavy atom. The minimum absolute atomic E-state index is 0.442. The number of hydrogen-bond donors (Lipinski definition) is 1. The van der Waals surface area contributed by atoms with Crippen molar-refractivity contribution >= 4 is 0 Å². The van der Waals surface area contributed by atoms with Crippen molar-refractivity contribution in [2.75, 3.05) is 0 Å². The molecular formula is C13H16O2. The number of benzene rings is 1. The summed E-state index contributed by atoms with van der Waals surface area (Å²) in [4.78, 5) is 0. The molecule has 0 spiro atoms. The Kier molecular flexibility index (Phi) is 3.28. The molecular weight excluding hydrogens is 188 g/mol. The molecule has 1 N–H and O–H groups in total. The fourth-order valence-electron chi connectivity index (χ4n) is 1.76. The molecule has 1 aromatic rings. The first-order valence-electron chi connectivity index (χ1n) is 5.44. The Balaban J connectivity index is 1.93. The Labute approximate surface area is 90.2 Å². The van der Waals surface area contributed by atoms with Gasteiger partial charge in [0.2, 0.25) is 0 Å². The van der Waals surface area contributed by atoms with E-state index in [2.05, 4.69) is 0 Å². The van der Waals surface area contributed by atoms with Crippen molar-refractivity contribution in [1.29, 1.82) is 0 Å². The summed E-state index contributed by atoms with van der Waals surface area (Å²) in [6.45, 7) is 0.556. The molecule has 0 unspecified atom stereocenters. The van der Waals surface area contributed by atoms with Crippen LogP contribution in [0.5, 0.6) is 0 Å². The molecule has 0 bridgehead atoms. The van der Waals surface area contributed by atoms with E-state index in [1.54, 1.807) is 0 Å². The van der Waals surface area contributed by atoms with Crippen LogP contribution >= 0.6 is 0 Å². The second-order valence-corrected chi connectivity index (χ2v) is 3.85. The summed E-state index contributed by atoms with van der Waals surface area (Å²) < 4.78 is 5.61. The molecule has 0 amide bonds. The highest BCUT2D eigenvalue weighted by atomic mass is 16.5. The molecule has 80 valence electrons. The number of ether oxygens (including phenoxy) is 1. The molecule has 0 saturated carbocycles. The molecule has 2 nitrogen and oxygen atoms in total. The zero-order valence-electron chi connectivity index (χ0n) is 8.78. The summed E-state index contributed by atoms with van der Waals surface area (Å²) in [6.07, 6.45) is 3.83. The maximum Gasteiger partial charge on any atom is 0.134 e. The third-order valence-electron chi connectivity index (χ3n) is 2.65. The maximum absolute atomic E-state index is 9.60. The fraction of sp³-hybridized carbons (Fsp3) is 0.385. The van der Waals surface area contributed by atoms with Crippen LogP contribution in [0.2, 0.25) is 0 Å². The topological polar surface area (TPSA) is 29.5 Å². The molecule has 1 aliphatic rings. The molecule has 0 heterocycles. The largest absolute Gasteiger partial charge is 0.509 e. The lowest BCUT2D eigenvalue weighted by molar-refractivity contribution is 0.156. The first-order valence-corrected chi connectivity index (χ1v) is 5.44. The van der Waals surface area contributed by atoms with Gasteiger partial charge in [0.25, 0.3) is 0 Å². The average molecular weight is 204 g/mol. The van der Waals surface area contributed by atoms with Crippen molar-refractivity contribution < 1.29 is 9.84 Å². The highest BCUT2D eigenvalue weighted by Crippen LogP contribution is 2.24. The van der Waals surface area contributed by atoms with E-state index >= 15 is 0 Å². The Hall–Kier alpha value is -1.44. The van der Waals surface area contributed by atoms with Crippen LogP contribution in [0.15, 0.2) is 41.9 Å². The molecule has 1 aliphatic carbocycles. The van der Waals surface area contributed by atoms with Gasteiger partial charge in [0, 0.05) is 12.8 Å². The molecule has 0 fully saturated rings. The van der Waals surface area contributed by atoms with E-state index in [0.717, 1.165) is 37.0 Å². The third kappa shape index (κ3) is 2.75. The van der Waals surface area contributed by atoms with Gasteiger partial charge in [-0.25, -0.2) is 0 Å². The zero-order valence-corrected chi connectivity index (χ0v) is 8.78. The summed E-state index contributed by atoms with van der Waals surface area (Å²) in [7, 11) is 0. The summed E-state index contributed by atoms with van der Waals surface area (Å²) in [5.74, 6) is 1.22. The second-order valence-electron chi connectivity index (χ2n) is 3.85. The molecule has 2 rings (SSSR count). The lowest BCUT2D eigenvalue weighted by atomic mass is 10.0. The molecule has 0 saturated heterocycles. The first kappa shape index (κ1) is 10.1. The Morgan fingerprint density at radius 3 is 2.53 bits per heavy atom. The number of allylic oxidation sites excluding steroid dienone is 2. The van der Waals surface area contributed by atoms with Gasteiger partial charge in [0.1, 0.15) is 18.1 Å². The fourth-order valence-corrected chi connectivity index (χ4v) is 1.76. The normalized spacial score (nSPS) is 16.5. The van der Waals surface area contributed by atoms with Crippen LogP contribution in [0, 0.1) is 0 Å². The van der Waals surface area contributed by atoms with Crippen LogP contribution in [0.25, 0.3) is 0 Å². The van der Waals surface area contributed by atoms with E-state index in [1.165, 1.54) is 0 Å². The van der Waals surface area contributed by atoms with Gasteiger partial charge in [0.15, 0.2) is 0 Å². The van der Waals surface area contributed by atoms with Gasteiger partial charge in [-0.15, -0.1) is 0 Å². The SMILES string of the molecule is OC1=C(OCc2ccccc2)CCCC1.